The molecule has 4 aromatic rings. The lowest BCUT2D eigenvalue weighted by Gasteiger charge is -2.11. The zero-order chi connectivity index (χ0) is 16.0. The maximum Gasteiger partial charge on any atom is 0.282 e. The third-order valence-electron chi connectivity index (χ3n) is 3.64. The van der Waals surface area contributed by atoms with Gasteiger partial charge in [-0.2, -0.15) is 5.10 Å². The van der Waals surface area contributed by atoms with Gasteiger partial charge in [-0.05, 0) is 52.3 Å². The SMILES string of the molecule is COc1ccc(-n2c(=O)c3cc(Br)nn3c3cccnc32)cc1. The zero-order valence-corrected chi connectivity index (χ0v) is 13.7. The first-order valence-electron chi connectivity index (χ1n) is 6.88. The molecule has 0 saturated heterocycles. The first kappa shape index (κ1) is 14.0. The molecule has 0 bridgehead atoms. The van der Waals surface area contributed by atoms with E-state index in [0.717, 1.165) is 17.0 Å². The minimum absolute atomic E-state index is 0.181. The number of rotatable bonds is 2. The number of aromatic nitrogens is 4. The molecule has 1 aromatic carbocycles. The van der Waals surface area contributed by atoms with Crippen LogP contribution in [0.2, 0.25) is 0 Å². The quantitative estimate of drug-likeness (QED) is 0.544. The van der Waals surface area contributed by atoms with Crippen molar-refractivity contribution in [2.24, 2.45) is 0 Å². The summed E-state index contributed by atoms with van der Waals surface area (Å²) in [4.78, 5) is 17.3. The van der Waals surface area contributed by atoms with Crippen LogP contribution in [0.3, 0.4) is 0 Å². The summed E-state index contributed by atoms with van der Waals surface area (Å²) >= 11 is 3.33. The summed E-state index contributed by atoms with van der Waals surface area (Å²) in [5.74, 6) is 0.729. The minimum Gasteiger partial charge on any atom is -0.497 e. The van der Waals surface area contributed by atoms with Crippen LogP contribution in [0.5, 0.6) is 5.75 Å². The molecule has 0 atom stereocenters. The number of methoxy groups -OCH3 is 1. The van der Waals surface area contributed by atoms with Crippen LogP contribution >= 0.6 is 15.9 Å². The fourth-order valence-electron chi connectivity index (χ4n) is 2.60. The highest BCUT2D eigenvalue weighted by Crippen LogP contribution is 2.20. The molecule has 6 nitrogen and oxygen atoms in total. The third kappa shape index (κ3) is 2.12. The van der Waals surface area contributed by atoms with E-state index in [0.29, 0.717) is 15.8 Å². The molecule has 7 heteroatoms. The monoisotopic (exact) mass is 370 g/mol. The molecule has 0 aliphatic rings. The van der Waals surface area contributed by atoms with E-state index in [1.807, 2.05) is 36.4 Å². The molecule has 3 aromatic heterocycles. The number of halogens is 1. The lowest BCUT2D eigenvalue weighted by atomic mass is 10.3. The summed E-state index contributed by atoms with van der Waals surface area (Å²) < 4.78 is 8.96. The fraction of sp³-hybridized carbons (Fsp3) is 0.0625. The van der Waals surface area contributed by atoms with E-state index in [4.69, 9.17) is 4.74 Å². The van der Waals surface area contributed by atoms with E-state index >= 15 is 0 Å². The van der Waals surface area contributed by atoms with E-state index in [-0.39, 0.29) is 5.56 Å². The molecule has 114 valence electrons. The Kier molecular flexibility index (Phi) is 3.16. The number of ether oxygens (including phenoxy) is 1. The first-order valence-corrected chi connectivity index (χ1v) is 7.68. The standard InChI is InChI=1S/C16H11BrN4O2/c1-23-11-6-4-10(5-7-11)20-15-12(3-2-8-18-15)21-13(16(20)22)9-14(17)19-21/h2-9H,1H3. The van der Waals surface area contributed by atoms with Crippen molar-refractivity contribution in [1.82, 2.24) is 19.2 Å². The number of benzene rings is 1. The average Bonchev–Trinajstić information content (AvgIpc) is 2.98. The molecular formula is C16H11BrN4O2. The van der Waals surface area contributed by atoms with Crippen molar-refractivity contribution in [2.45, 2.75) is 0 Å². The van der Waals surface area contributed by atoms with Crippen molar-refractivity contribution >= 4 is 32.6 Å². The molecule has 0 aliphatic carbocycles. The molecule has 3 heterocycles. The highest BCUT2D eigenvalue weighted by molar-refractivity contribution is 9.10. The van der Waals surface area contributed by atoms with Gasteiger partial charge >= 0.3 is 0 Å². The molecule has 0 aliphatic heterocycles. The molecule has 23 heavy (non-hydrogen) atoms. The van der Waals surface area contributed by atoms with Gasteiger partial charge in [-0.15, -0.1) is 0 Å². The van der Waals surface area contributed by atoms with Crippen LogP contribution in [0.25, 0.3) is 22.4 Å². The van der Waals surface area contributed by atoms with Crippen molar-refractivity contribution in [3.63, 3.8) is 0 Å². The maximum absolute atomic E-state index is 12.9. The number of hydrogen-bond donors (Lipinski definition) is 0. The molecule has 0 saturated carbocycles. The number of nitrogens with zero attached hydrogens (tertiary/aromatic N) is 4. The predicted molar refractivity (Wildman–Crippen MR) is 90.3 cm³/mol. The van der Waals surface area contributed by atoms with E-state index in [9.17, 15) is 4.79 Å². The van der Waals surface area contributed by atoms with Crippen molar-refractivity contribution in [3.8, 4) is 11.4 Å². The second-order valence-electron chi connectivity index (χ2n) is 4.95. The van der Waals surface area contributed by atoms with Crippen LogP contribution in [-0.4, -0.2) is 26.3 Å². The fourth-order valence-corrected chi connectivity index (χ4v) is 2.97. The molecule has 0 N–H and O–H groups in total. The normalized spacial score (nSPS) is 11.2. The smallest absolute Gasteiger partial charge is 0.282 e. The Labute approximate surface area is 139 Å². The van der Waals surface area contributed by atoms with Crippen LogP contribution < -0.4 is 10.3 Å². The Morgan fingerprint density at radius 2 is 1.91 bits per heavy atom. The summed E-state index contributed by atoms with van der Waals surface area (Å²) in [5.41, 5.74) is 2.32. The van der Waals surface area contributed by atoms with Gasteiger partial charge in [0.1, 0.15) is 21.4 Å². The van der Waals surface area contributed by atoms with Gasteiger partial charge in [0.05, 0.1) is 12.8 Å². The van der Waals surface area contributed by atoms with Gasteiger partial charge in [-0.3, -0.25) is 9.36 Å². The van der Waals surface area contributed by atoms with Crippen molar-refractivity contribution in [2.75, 3.05) is 7.11 Å². The van der Waals surface area contributed by atoms with Crippen LogP contribution in [0.15, 0.2) is 58.1 Å². The summed E-state index contributed by atoms with van der Waals surface area (Å²) in [6.07, 6.45) is 1.66. The van der Waals surface area contributed by atoms with Crippen molar-refractivity contribution in [1.29, 1.82) is 0 Å². The van der Waals surface area contributed by atoms with Gasteiger partial charge in [0.2, 0.25) is 0 Å². The van der Waals surface area contributed by atoms with Crippen LogP contribution in [0.1, 0.15) is 0 Å². The molecule has 0 spiro atoms. The predicted octanol–water partition coefficient (Wildman–Crippen LogP) is 2.80. The van der Waals surface area contributed by atoms with Crippen molar-refractivity contribution in [3.05, 3.63) is 63.6 Å². The highest BCUT2D eigenvalue weighted by atomic mass is 79.9. The number of pyridine rings is 1. The first-order chi connectivity index (χ1) is 11.2. The average molecular weight is 371 g/mol. The Morgan fingerprint density at radius 1 is 1.13 bits per heavy atom. The summed E-state index contributed by atoms with van der Waals surface area (Å²) in [7, 11) is 1.61. The maximum atomic E-state index is 12.9. The van der Waals surface area contributed by atoms with E-state index < -0.39 is 0 Å². The Morgan fingerprint density at radius 3 is 2.65 bits per heavy atom. The van der Waals surface area contributed by atoms with Crippen LogP contribution in [0, 0.1) is 0 Å². The summed E-state index contributed by atoms with van der Waals surface area (Å²) in [5, 5.41) is 4.32. The van der Waals surface area contributed by atoms with Gasteiger partial charge in [0.25, 0.3) is 5.56 Å². The topological polar surface area (TPSA) is 61.4 Å². The van der Waals surface area contributed by atoms with Gasteiger partial charge < -0.3 is 4.74 Å². The molecule has 0 radical (unpaired) electrons. The second kappa shape index (κ2) is 5.20. The summed E-state index contributed by atoms with van der Waals surface area (Å²) in [6, 6.07) is 12.7. The molecular weight excluding hydrogens is 360 g/mol. The van der Waals surface area contributed by atoms with Crippen molar-refractivity contribution < 1.29 is 4.74 Å². The Hall–Kier alpha value is -2.67. The molecule has 4 rings (SSSR count). The Bertz CT molecular complexity index is 1080. The van der Waals surface area contributed by atoms with Crippen LogP contribution in [-0.2, 0) is 0 Å². The lowest BCUT2D eigenvalue weighted by molar-refractivity contribution is 0.414. The highest BCUT2D eigenvalue weighted by Gasteiger charge is 2.15. The summed E-state index contributed by atoms with van der Waals surface area (Å²) in [6.45, 7) is 0. The van der Waals surface area contributed by atoms with Gasteiger partial charge in [0.15, 0.2) is 5.65 Å². The van der Waals surface area contributed by atoms with Crippen LogP contribution in [0.4, 0.5) is 0 Å². The van der Waals surface area contributed by atoms with Gasteiger partial charge in [-0.1, -0.05) is 0 Å². The van der Waals surface area contributed by atoms with E-state index in [1.165, 1.54) is 0 Å². The van der Waals surface area contributed by atoms with E-state index in [1.54, 1.807) is 28.5 Å². The Balaban J connectivity index is 2.15. The largest absolute Gasteiger partial charge is 0.497 e. The zero-order valence-electron chi connectivity index (χ0n) is 12.1. The lowest BCUT2D eigenvalue weighted by Crippen LogP contribution is -2.22. The van der Waals surface area contributed by atoms with Gasteiger partial charge in [0, 0.05) is 12.3 Å². The molecule has 0 fully saturated rings. The second-order valence-corrected chi connectivity index (χ2v) is 5.76. The minimum atomic E-state index is -0.181. The van der Waals surface area contributed by atoms with Gasteiger partial charge in [-0.25, -0.2) is 9.50 Å². The number of fused-ring (bicyclic) bond motifs is 3. The third-order valence-corrected chi connectivity index (χ3v) is 4.03. The number of hydrogen-bond acceptors (Lipinski definition) is 4. The van der Waals surface area contributed by atoms with E-state index in [2.05, 4.69) is 26.0 Å². The molecule has 0 amide bonds. The molecule has 0 unspecified atom stereocenters.